The lowest BCUT2D eigenvalue weighted by Gasteiger charge is -2.35. The first-order valence-electron chi connectivity index (χ1n) is 11.2. The summed E-state index contributed by atoms with van der Waals surface area (Å²) in [5.74, 6) is 1.33. The van der Waals surface area contributed by atoms with Crippen molar-refractivity contribution in [1.29, 1.82) is 0 Å². The fraction of sp³-hybridized carbons (Fsp3) is 0.478. The molecule has 2 heterocycles. The number of aryl methyl sites for hydroxylation is 1. The summed E-state index contributed by atoms with van der Waals surface area (Å²) in [7, 11) is -4.79. The van der Waals surface area contributed by atoms with Gasteiger partial charge < -0.3 is 4.90 Å². The maximum Gasteiger partial charge on any atom is 0.269 e. The van der Waals surface area contributed by atoms with E-state index in [-0.39, 0.29) is 28.4 Å². The van der Waals surface area contributed by atoms with E-state index < -0.39 is 19.9 Å². The highest BCUT2D eigenvalue weighted by molar-refractivity contribution is 7.91. The van der Waals surface area contributed by atoms with Crippen molar-refractivity contribution >= 4 is 36.7 Å². The molecule has 0 bridgehead atoms. The smallest absolute Gasteiger partial charge is 0.269 e. The summed E-state index contributed by atoms with van der Waals surface area (Å²) in [6.07, 6.45) is 6.37. The van der Waals surface area contributed by atoms with Gasteiger partial charge in [-0.15, -0.1) is 0 Å². The van der Waals surface area contributed by atoms with E-state index in [1.165, 1.54) is 16.5 Å². The van der Waals surface area contributed by atoms with Crippen LogP contribution in [0.5, 0.6) is 0 Å². The minimum Gasteiger partial charge on any atom is -0.356 e. The molecule has 2 aromatic heterocycles. The number of anilines is 1. The third-order valence-electron chi connectivity index (χ3n) is 6.63. The topological polar surface area (TPSA) is 102 Å². The predicted molar refractivity (Wildman–Crippen MR) is 130 cm³/mol. The zero-order valence-electron chi connectivity index (χ0n) is 19.2. The molecule has 3 aromatic rings. The molecular formula is C23H30N4O4S2. The van der Waals surface area contributed by atoms with Crippen LogP contribution in [0.2, 0.25) is 0 Å². The van der Waals surface area contributed by atoms with Crippen LogP contribution >= 0.6 is 0 Å². The zero-order valence-corrected chi connectivity index (χ0v) is 20.8. The van der Waals surface area contributed by atoms with Crippen molar-refractivity contribution in [3.8, 4) is 0 Å². The summed E-state index contributed by atoms with van der Waals surface area (Å²) in [6.45, 7) is 3.60. The molecule has 0 atom stereocenters. The van der Waals surface area contributed by atoms with Gasteiger partial charge in [0.25, 0.3) is 10.0 Å². The molecule has 0 radical (unpaired) electrons. The van der Waals surface area contributed by atoms with Gasteiger partial charge in [-0.25, -0.2) is 30.8 Å². The van der Waals surface area contributed by atoms with E-state index in [2.05, 4.69) is 14.9 Å². The second-order valence-electron chi connectivity index (χ2n) is 8.85. The van der Waals surface area contributed by atoms with Crippen LogP contribution in [-0.4, -0.2) is 55.4 Å². The maximum absolute atomic E-state index is 13.2. The van der Waals surface area contributed by atoms with Crippen LogP contribution in [-0.2, 0) is 19.9 Å². The Labute approximate surface area is 195 Å². The molecule has 1 saturated carbocycles. The highest BCUT2D eigenvalue weighted by atomic mass is 32.2. The zero-order chi connectivity index (χ0) is 23.8. The molecule has 10 heteroatoms. The van der Waals surface area contributed by atoms with E-state index in [9.17, 15) is 16.8 Å². The Morgan fingerprint density at radius 3 is 2.30 bits per heavy atom. The van der Waals surface area contributed by atoms with Crippen molar-refractivity contribution in [2.45, 2.75) is 50.5 Å². The normalized spacial score (nSPS) is 19.6. The molecule has 33 heavy (non-hydrogen) atoms. The number of benzene rings is 1. The van der Waals surface area contributed by atoms with E-state index in [0.29, 0.717) is 16.9 Å². The standard InChI is InChI=1S/C23H30N4O4S2/c1-4-32(28,29)15-18-7-9-19(10-8-18)26(3)22-21-13-14-27(23(21)25-16-24-22)33(30,31)20-11-5-17(2)6-12-20/h5-6,11-14,16,18-19H,4,7-10,15H2,1-3H3. The van der Waals surface area contributed by atoms with Gasteiger partial charge in [-0.05, 0) is 56.7 Å². The highest BCUT2D eigenvalue weighted by Crippen LogP contribution is 2.33. The quantitative estimate of drug-likeness (QED) is 0.500. The first-order chi connectivity index (χ1) is 15.6. The Balaban J connectivity index is 1.58. The first kappa shape index (κ1) is 23.7. The van der Waals surface area contributed by atoms with Crippen LogP contribution in [0.1, 0.15) is 38.2 Å². The summed E-state index contributed by atoms with van der Waals surface area (Å²) >= 11 is 0. The van der Waals surface area contributed by atoms with Crippen molar-refractivity contribution in [2.24, 2.45) is 5.92 Å². The number of sulfone groups is 1. The fourth-order valence-corrected chi connectivity index (χ4v) is 7.15. The highest BCUT2D eigenvalue weighted by Gasteiger charge is 2.29. The summed E-state index contributed by atoms with van der Waals surface area (Å²) in [6, 6.07) is 8.70. The van der Waals surface area contributed by atoms with Crippen LogP contribution in [0.3, 0.4) is 0 Å². The molecule has 1 fully saturated rings. The minimum atomic E-state index is -3.78. The Bertz CT molecular complexity index is 1340. The molecule has 0 spiro atoms. The molecular weight excluding hydrogens is 460 g/mol. The molecule has 0 unspecified atom stereocenters. The molecule has 1 aromatic carbocycles. The van der Waals surface area contributed by atoms with Gasteiger partial charge in [0.1, 0.15) is 22.0 Å². The van der Waals surface area contributed by atoms with Crippen LogP contribution in [0.25, 0.3) is 11.0 Å². The average Bonchev–Trinajstić information content (AvgIpc) is 3.24. The van der Waals surface area contributed by atoms with Gasteiger partial charge in [0.15, 0.2) is 5.65 Å². The van der Waals surface area contributed by atoms with Crippen LogP contribution in [0, 0.1) is 12.8 Å². The van der Waals surface area contributed by atoms with E-state index in [1.54, 1.807) is 37.3 Å². The predicted octanol–water partition coefficient (Wildman–Crippen LogP) is 3.41. The van der Waals surface area contributed by atoms with Gasteiger partial charge in [0, 0.05) is 25.0 Å². The van der Waals surface area contributed by atoms with Crippen LogP contribution in [0.15, 0.2) is 47.8 Å². The van der Waals surface area contributed by atoms with E-state index >= 15 is 0 Å². The Morgan fingerprint density at radius 1 is 1.00 bits per heavy atom. The molecule has 8 nitrogen and oxygen atoms in total. The van der Waals surface area contributed by atoms with Crippen LogP contribution < -0.4 is 4.90 Å². The van der Waals surface area contributed by atoms with Gasteiger partial charge in [0.05, 0.1) is 16.0 Å². The number of fused-ring (bicyclic) bond motifs is 1. The molecule has 1 aliphatic rings. The second-order valence-corrected chi connectivity index (χ2v) is 13.1. The fourth-order valence-electron chi connectivity index (χ4n) is 4.56. The molecule has 1 aliphatic carbocycles. The summed E-state index contributed by atoms with van der Waals surface area (Å²) < 4.78 is 51.6. The van der Waals surface area contributed by atoms with Crippen molar-refractivity contribution in [3.63, 3.8) is 0 Å². The monoisotopic (exact) mass is 490 g/mol. The van der Waals surface area contributed by atoms with Gasteiger partial charge in [-0.3, -0.25) is 0 Å². The number of nitrogens with zero attached hydrogens (tertiary/aromatic N) is 4. The third kappa shape index (κ3) is 4.77. The van der Waals surface area contributed by atoms with Gasteiger partial charge >= 0.3 is 0 Å². The lowest BCUT2D eigenvalue weighted by atomic mass is 9.86. The first-order valence-corrected chi connectivity index (χ1v) is 14.5. The van der Waals surface area contributed by atoms with Crippen LogP contribution in [0.4, 0.5) is 5.82 Å². The molecule has 0 saturated heterocycles. The molecule has 4 rings (SSSR count). The number of aromatic nitrogens is 3. The maximum atomic E-state index is 13.2. The van der Waals surface area contributed by atoms with E-state index in [1.807, 2.05) is 14.0 Å². The Hall–Kier alpha value is -2.46. The van der Waals surface area contributed by atoms with Gasteiger partial charge in [-0.2, -0.15) is 0 Å². The molecule has 0 amide bonds. The van der Waals surface area contributed by atoms with E-state index in [4.69, 9.17) is 0 Å². The third-order valence-corrected chi connectivity index (χ3v) is 10.2. The summed E-state index contributed by atoms with van der Waals surface area (Å²) in [4.78, 5) is 11.0. The number of hydrogen-bond acceptors (Lipinski definition) is 7. The Morgan fingerprint density at radius 2 is 1.67 bits per heavy atom. The average molecular weight is 491 g/mol. The van der Waals surface area contributed by atoms with Gasteiger partial charge in [-0.1, -0.05) is 24.6 Å². The van der Waals surface area contributed by atoms with Gasteiger partial charge in [0.2, 0.25) is 0 Å². The SMILES string of the molecule is CCS(=O)(=O)CC1CCC(N(C)c2ncnc3c2ccn3S(=O)(=O)c2ccc(C)cc2)CC1. The van der Waals surface area contributed by atoms with Crippen molar-refractivity contribution in [1.82, 2.24) is 13.9 Å². The lowest BCUT2D eigenvalue weighted by Crippen LogP contribution is -2.37. The molecule has 0 N–H and O–H groups in total. The number of hydrogen-bond donors (Lipinski definition) is 0. The second kappa shape index (κ2) is 9.06. The van der Waals surface area contributed by atoms with Crippen molar-refractivity contribution < 1.29 is 16.8 Å². The minimum absolute atomic E-state index is 0.189. The summed E-state index contributed by atoms with van der Waals surface area (Å²) in [5.41, 5.74) is 1.33. The molecule has 178 valence electrons. The van der Waals surface area contributed by atoms with Crippen molar-refractivity contribution in [2.75, 3.05) is 23.5 Å². The van der Waals surface area contributed by atoms with E-state index in [0.717, 1.165) is 31.2 Å². The molecule has 0 aliphatic heterocycles. The largest absolute Gasteiger partial charge is 0.356 e. The summed E-state index contributed by atoms with van der Waals surface area (Å²) in [5, 5.41) is 0.673. The number of rotatable bonds is 7. The lowest BCUT2D eigenvalue weighted by molar-refractivity contribution is 0.341. The Kier molecular flexibility index (Phi) is 6.50. The van der Waals surface area contributed by atoms with Crippen molar-refractivity contribution in [3.05, 3.63) is 48.4 Å².